The lowest BCUT2D eigenvalue weighted by Gasteiger charge is -2.57. The Bertz CT molecular complexity index is 1060. The van der Waals surface area contributed by atoms with Crippen molar-refractivity contribution >= 4 is 23.4 Å². The third kappa shape index (κ3) is 2.91. The lowest BCUT2D eigenvalue weighted by atomic mass is 9.48. The van der Waals surface area contributed by atoms with Gasteiger partial charge in [0.25, 0.3) is 0 Å². The molecule has 1 nitrogen and oxygen atoms in total. The van der Waals surface area contributed by atoms with Crippen molar-refractivity contribution in [2.75, 3.05) is 7.11 Å². The molecular weight excluding hydrogens is 372 g/mol. The summed E-state index contributed by atoms with van der Waals surface area (Å²) < 4.78 is 5.90. The summed E-state index contributed by atoms with van der Waals surface area (Å²) in [6.07, 6.45) is 8.50. The summed E-state index contributed by atoms with van der Waals surface area (Å²) in [7, 11) is 1.84. The van der Waals surface area contributed by atoms with Crippen molar-refractivity contribution in [3.63, 3.8) is 0 Å². The molecule has 0 heterocycles. The Labute approximate surface area is 178 Å². The van der Waals surface area contributed by atoms with E-state index in [1.807, 2.05) is 7.11 Å². The maximum atomic E-state index is 5.90. The Morgan fingerprint density at radius 2 is 1.34 bits per heavy atom. The monoisotopic (exact) mass is 400 g/mol. The number of rotatable bonds is 3. The first kappa shape index (κ1) is 17.9. The molecule has 0 aliphatic heterocycles. The molecule has 148 valence electrons. The zero-order valence-electron chi connectivity index (χ0n) is 17.0. The van der Waals surface area contributed by atoms with Gasteiger partial charge in [0.05, 0.1) is 7.11 Å². The first-order chi connectivity index (χ1) is 14.1. The molecule has 29 heavy (non-hydrogen) atoms. The molecule has 0 N–H and O–H groups in total. The minimum Gasteiger partial charge on any atom is -0.496 e. The Balaban J connectivity index is 1.46. The minimum atomic E-state index is 0.341. The van der Waals surface area contributed by atoms with Crippen LogP contribution < -0.4 is 4.74 Å². The number of hydrogen-bond acceptors (Lipinski definition) is 2. The number of ether oxygens (including phenoxy) is 1. The first-order valence-electron chi connectivity index (χ1n) is 11.0. The van der Waals surface area contributed by atoms with Crippen molar-refractivity contribution in [1.29, 1.82) is 0 Å². The Kier molecular flexibility index (Phi) is 4.03. The molecule has 0 spiro atoms. The van der Waals surface area contributed by atoms with Crippen LogP contribution in [0.3, 0.4) is 0 Å². The Morgan fingerprint density at radius 1 is 0.759 bits per heavy atom. The Hall–Kier alpha value is -1.93. The van der Waals surface area contributed by atoms with Crippen LogP contribution in [0.25, 0.3) is 21.9 Å². The van der Waals surface area contributed by atoms with E-state index in [9.17, 15) is 0 Å². The van der Waals surface area contributed by atoms with Crippen LogP contribution in [0.1, 0.15) is 44.1 Å². The van der Waals surface area contributed by atoms with Crippen LogP contribution in [-0.4, -0.2) is 7.11 Å². The van der Waals surface area contributed by atoms with Crippen LogP contribution in [-0.2, 0) is 5.41 Å². The summed E-state index contributed by atoms with van der Waals surface area (Å²) in [6, 6.07) is 20.1. The predicted octanol–water partition coefficient (Wildman–Crippen LogP) is 7.27. The van der Waals surface area contributed by atoms with E-state index in [1.54, 1.807) is 0 Å². The van der Waals surface area contributed by atoms with Gasteiger partial charge in [-0.15, -0.1) is 12.6 Å². The molecule has 0 atom stereocenters. The van der Waals surface area contributed by atoms with Gasteiger partial charge in [-0.05, 0) is 114 Å². The molecule has 4 aliphatic carbocycles. The fourth-order valence-electron chi connectivity index (χ4n) is 7.16. The van der Waals surface area contributed by atoms with Gasteiger partial charge in [0.1, 0.15) is 5.75 Å². The fourth-order valence-corrected chi connectivity index (χ4v) is 7.37. The maximum Gasteiger partial charge on any atom is 0.122 e. The van der Waals surface area contributed by atoms with E-state index in [-0.39, 0.29) is 0 Å². The molecule has 2 heteroatoms. The van der Waals surface area contributed by atoms with Gasteiger partial charge in [-0.2, -0.15) is 0 Å². The molecule has 0 amide bonds. The van der Waals surface area contributed by atoms with Gasteiger partial charge < -0.3 is 4.74 Å². The van der Waals surface area contributed by atoms with Crippen LogP contribution in [0, 0.1) is 17.8 Å². The lowest BCUT2D eigenvalue weighted by molar-refractivity contribution is -0.00613. The summed E-state index contributed by atoms with van der Waals surface area (Å²) in [6.45, 7) is 0. The van der Waals surface area contributed by atoms with Crippen molar-refractivity contribution in [2.45, 2.75) is 48.8 Å². The van der Waals surface area contributed by atoms with Crippen molar-refractivity contribution < 1.29 is 4.74 Å². The van der Waals surface area contributed by atoms with Gasteiger partial charge in [0.15, 0.2) is 0 Å². The standard InChI is InChI=1S/C27H28OS/c1-28-26-7-5-23(20-2-3-22-12-24(29)6-4-21(22)11-20)13-25(26)27-14-17-8-18(15-27)10-19(9-17)16-27/h2-7,11-13,17-19,29H,8-10,14-16H2,1H3. The molecule has 7 rings (SSSR count). The van der Waals surface area contributed by atoms with E-state index in [0.29, 0.717) is 5.41 Å². The predicted molar refractivity (Wildman–Crippen MR) is 123 cm³/mol. The van der Waals surface area contributed by atoms with E-state index in [1.165, 1.54) is 66.0 Å². The van der Waals surface area contributed by atoms with Crippen LogP contribution in [0.5, 0.6) is 5.75 Å². The number of hydrogen-bond donors (Lipinski definition) is 1. The maximum absolute atomic E-state index is 5.90. The third-order valence-electron chi connectivity index (χ3n) is 7.97. The highest BCUT2D eigenvalue weighted by atomic mass is 32.1. The molecule has 0 radical (unpaired) electrons. The summed E-state index contributed by atoms with van der Waals surface area (Å²) in [4.78, 5) is 1.01. The molecule has 0 unspecified atom stereocenters. The second-order valence-corrected chi connectivity index (χ2v) is 10.4. The van der Waals surface area contributed by atoms with Crippen LogP contribution in [0.2, 0.25) is 0 Å². The zero-order valence-corrected chi connectivity index (χ0v) is 17.9. The molecule has 0 aromatic heterocycles. The van der Waals surface area contributed by atoms with E-state index in [0.717, 1.165) is 28.4 Å². The van der Waals surface area contributed by atoms with Gasteiger partial charge in [-0.25, -0.2) is 0 Å². The highest BCUT2D eigenvalue weighted by Gasteiger charge is 2.52. The molecular formula is C27H28OS. The second kappa shape index (κ2) is 6.54. The highest BCUT2D eigenvalue weighted by Crippen LogP contribution is 2.62. The molecule has 4 fully saturated rings. The SMILES string of the molecule is COc1ccc(-c2ccc3cc(S)ccc3c2)cc1C12CC3CC(CC(C3)C1)C2. The van der Waals surface area contributed by atoms with E-state index in [2.05, 4.69) is 67.2 Å². The van der Waals surface area contributed by atoms with Crippen LogP contribution in [0.15, 0.2) is 59.5 Å². The van der Waals surface area contributed by atoms with E-state index >= 15 is 0 Å². The van der Waals surface area contributed by atoms with Gasteiger partial charge in [-0.1, -0.05) is 24.3 Å². The second-order valence-electron chi connectivity index (χ2n) is 9.86. The number of fused-ring (bicyclic) bond motifs is 1. The highest BCUT2D eigenvalue weighted by molar-refractivity contribution is 7.80. The summed E-state index contributed by atoms with van der Waals surface area (Å²) >= 11 is 4.48. The summed E-state index contributed by atoms with van der Waals surface area (Å²) in [5.41, 5.74) is 4.42. The number of methoxy groups -OCH3 is 1. The fraction of sp³-hybridized carbons (Fsp3) is 0.407. The Morgan fingerprint density at radius 3 is 2.03 bits per heavy atom. The summed E-state index contributed by atoms with van der Waals surface area (Å²) in [5, 5.41) is 2.52. The number of thiol groups is 1. The van der Waals surface area contributed by atoms with E-state index < -0.39 is 0 Å². The molecule has 4 aliphatic rings. The van der Waals surface area contributed by atoms with Gasteiger partial charge in [0, 0.05) is 10.5 Å². The van der Waals surface area contributed by atoms with Crippen LogP contribution in [0.4, 0.5) is 0 Å². The molecule has 4 bridgehead atoms. The largest absolute Gasteiger partial charge is 0.496 e. The normalized spacial score (nSPS) is 30.1. The van der Waals surface area contributed by atoms with Gasteiger partial charge in [0.2, 0.25) is 0 Å². The smallest absolute Gasteiger partial charge is 0.122 e. The zero-order chi connectivity index (χ0) is 19.6. The molecule has 4 saturated carbocycles. The number of benzene rings is 3. The molecule has 3 aromatic carbocycles. The van der Waals surface area contributed by atoms with E-state index in [4.69, 9.17) is 4.74 Å². The average molecular weight is 401 g/mol. The topological polar surface area (TPSA) is 9.23 Å². The van der Waals surface area contributed by atoms with Crippen molar-refractivity contribution in [1.82, 2.24) is 0 Å². The lowest BCUT2D eigenvalue weighted by Crippen LogP contribution is -2.48. The van der Waals surface area contributed by atoms with Crippen molar-refractivity contribution in [2.24, 2.45) is 17.8 Å². The van der Waals surface area contributed by atoms with Gasteiger partial charge in [-0.3, -0.25) is 0 Å². The molecule has 0 saturated heterocycles. The average Bonchev–Trinajstić information content (AvgIpc) is 2.72. The minimum absolute atomic E-state index is 0.341. The van der Waals surface area contributed by atoms with Crippen molar-refractivity contribution in [3.05, 3.63) is 60.2 Å². The van der Waals surface area contributed by atoms with Gasteiger partial charge >= 0.3 is 0 Å². The van der Waals surface area contributed by atoms with Crippen molar-refractivity contribution in [3.8, 4) is 16.9 Å². The van der Waals surface area contributed by atoms with Crippen LogP contribution >= 0.6 is 12.6 Å². The molecule has 3 aromatic rings. The summed E-state index contributed by atoms with van der Waals surface area (Å²) in [5.74, 6) is 3.90. The third-order valence-corrected chi connectivity index (χ3v) is 8.24. The first-order valence-corrected chi connectivity index (χ1v) is 11.5. The quantitative estimate of drug-likeness (QED) is 0.455.